The summed E-state index contributed by atoms with van der Waals surface area (Å²) in [6.07, 6.45) is 10.3. The molecule has 7 atom stereocenters. The minimum Gasteiger partial charge on any atom is -0.481 e. The predicted octanol–water partition coefficient (Wildman–Crippen LogP) is 6.95. The first-order chi connectivity index (χ1) is 16.7. The molecule has 202 valence electrons. The van der Waals surface area contributed by atoms with Crippen molar-refractivity contribution in [2.75, 3.05) is 0 Å². The van der Waals surface area contributed by atoms with Gasteiger partial charge in [0.2, 0.25) is 0 Å². The third-order valence-corrected chi connectivity index (χ3v) is 11.3. The van der Waals surface area contributed by atoms with Gasteiger partial charge in [-0.25, -0.2) is 9.59 Å². The van der Waals surface area contributed by atoms with Gasteiger partial charge in [0.05, 0.1) is 0 Å². The highest BCUT2D eigenvalue weighted by Gasteiger charge is 2.66. The Balaban J connectivity index is 1.90. The highest BCUT2D eigenvalue weighted by molar-refractivity contribution is 5.87. The van der Waals surface area contributed by atoms with Crippen molar-refractivity contribution in [1.29, 1.82) is 0 Å². The minimum absolute atomic E-state index is 0.00886. The van der Waals surface area contributed by atoms with Crippen molar-refractivity contribution >= 4 is 17.9 Å². The number of rotatable bonds is 9. The van der Waals surface area contributed by atoms with Crippen LogP contribution in [0.15, 0.2) is 22.8 Å². The molecule has 3 aliphatic carbocycles. The van der Waals surface area contributed by atoms with E-state index in [1.165, 1.54) is 6.42 Å². The minimum atomic E-state index is -0.888. The van der Waals surface area contributed by atoms with Crippen LogP contribution in [-0.2, 0) is 14.4 Å². The van der Waals surface area contributed by atoms with Gasteiger partial charge in [0.15, 0.2) is 0 Å². The number of fused-ring (bicyclic) bond motifs is 3. The number of allylic oxidation sites excluding steroid dienone is 2. The molecule has 0 aromatic rings. The highest BCUT2D eigenvalue weighted by atomic mass is 16.4. The summed E-state index contributed by atoms with van der Waals surface area (Å²) in [6.45, 7) is 12.9. The van der Waals surface area contributed by atoms with Crippen LogP contribution in [0, 0.1) is 39.9 Å². The predicted molar refractivity (Wildman–Crippen MR) is 139 cm³/mol. The summed E-state index contributed by atoms with van der Waals surface area (Å²) >= 11 is 0. The summed E-state index contributed by atoms with van der Waals surface area (Å²) < 4.78 is 0. The normalized spacial score (nSPS) is 38.6. The Bertz CT molecular complexity index is 962. The molecule has 6 heteroatoms. The molecular formula is C30H46O6. The van der Waals surface area contributed by atoms with Crippen molar-refractivity contribution < 1.29 is 29.7 Å². The molecule has 0 saturated heterocycles. The van der Waals surface area contributed by atoms with E-state index in [0.29, 0.717) is 35.3 Å². The molecule has 0 amide bonds. The fraction of sp³-hybridized carbons (Fsp3) is 0.767. The maximum atomic E-state index is 11.9. The molecule has 0 aromatic heterocycles. The van der Waals surface area contributed by atoms with Crippen molar-refractivity contribution in [3.05, 3.63) is 22.8 Å². The van der Waals surface area contributed by atoms with Gasteiger partial charge in [-0.3, -0.25) is 4.79 Å². The van der Waals surface area contributed by atoms with E-state index in [4.69, 9.17) is 5.11 Å². The van der Waals surface area contributed by atoms with E-state index >= 15 is 0 Å². The standard InChI is InChI=1S/C30H46O6/c1-18(8-7-9-19(2)26(33)34)22-14-15-30(6)24-12-10-21(20(3)27(35)36)23(11-13-25(31)32)28(24,4)16-17-29(22,30)5/h9,18,22-24H,7-8,10-17H2,1-6H3,(H,31,32)(H,33,34)(H,35,36)/b19-9+,21-20-/t18-,22-,23+,24-,28+,29-,30+/m1/s1. The van der Waals surface area contributed by atoms with Crippen LogP contribution in [0.1, 0.15) is 106 Å². The summed E-state index contributed by atoms with van der Waals surface area (Å²) in [4.78, 5) is 34.6. The number of hydrogen-bond donors (Lipinski definition) is 3. The van der Waals surface area contributed by atoms with E-state index in [0.717, 1.165) is 50.5 Å². The molecule has 6 nitrogen and oxygen atoms in total. The van der Waals surface area contributed by atoms with Crippen LogP contribution in [0.25, 0.3) is 0 Å². The highest BCUT2D eigenvalue weighted by Crippen LogP contribution is 2.74. The molecule has 0 radical (unpaired) electrons. The first kappa shape index (κ1) is 28.5. The number of carboxylic acid groups (broad SMARTS) is 3. The Hall–Kier alpha value is -2.11. The monoisotopic (exact) mass is 502 g/mol. The average Bonchev–Trinajstić information content (AvgIpc) is 3.07. The second-order valence-electron chi connectivity index (χ2n) is 12.8. The molecule has 0 unspecified atom stereocenters. The van der Waals surface area contributed by atoms with Crippen molar-refractivity contribution in [3.8, 4) is 0 Å². The lowest BCUT2D eigenvalue weighted by molar-refractivity contribution is -0.148. The van der Waals surface area contributed by atoms with Crippen LogP contribution in [0.3, 0.4) is 0 Å². The molecular weight excluding hydrogens is 456 g/mol. The Morgan fingerprint density at radius 1 is 0.972 bits per heavy atom. The second kappa shape index (κ2) is 10.3. The molecule has 0 heterocycles. The van der Waals surface area contributed by atoms with Crippen LogP contribution >= 0.6 is 0 Å². The molecule has 3 aliphatic rings. The first-order valence-electron chi connectivity index (χ1n) is 13.7. The summed E-state index contributed by atoms with van der Waals surface area (Å²) in [5.74, 6) is -1.07. The van der Waals surface area contributed by atoms with E-state index in [-0.39, 0.29) is 28.6 Å². The second-order valence-corrected chi connectivity index (χ2v) is 12.8. The maximum absolute atomic E-state index is 11.9. The van der Waals surface area contributed by atoms with Gasteiger partial charge in [0.25, 0.3) is 0 Å². The molecule has 0 spiro atoms. The Labute approximate surface area is 216 Å². The van der Waals surface area contributed by atoms with Gasteiger partial charge in [0, 0.05) is 17.6 Å². The Kier molecular flexibility index (Phi) is 8.17. The van der Waals surface area contributed by atoms with Crippen molar-refractivity contribution in [1.82, 2.24) is 0 Å². The van der Waals surface area contributed by atoms with E-state index in [9.17, 15) is 24.6 Å². The number of carbonyl (C=O) groups is 3. The van der Waals surface area contributed by atoms with Crippen molar-refractivity contribution in [2.45, 2.75) is 106 Å². The summed E-state index contributed by atoms with van der Waals surface area (Å²) in [7, 11) is 0. The Morgan fingerprint density at radius 2 is 1.64 bits per heavy atom. The van der Waals surface area contributed by atoms with E-state index in [1.54, 1.807) is 13.8 Å². The topological polar surface area (TPSA) is 112 Å². The zero-order valence-corrected chi connectivity index (χ0v) is 23.0. The van der Waals surface area contributed by atoms with Crippen molar-refractivity contribution in [2.24, 2.45) is 39.9 Å². The molecule has 0 aliphatic heterocycles. The lowest BCUT2D eigenvalue weighted by atomic mass is 9.40. The SMILES string of the molecule is C/C(C(=O)O)=C1\CC[C@@H]2[C@@](C)(CC[C@]3(C)[C@@H]([C@H](C)CC/C=C(\C)C(=O)O)CC[C@@]23C)[C@H]1CCC(=O)O. The smallest absolute Gasteiger partial charge is 0.331 e. The zero-order valence-electron chi connectivity index (χ0n) is 23.0. The van der Waals surface area contributed by atoms with E-state index < -0.39 is 17.9 Å². The number of aliphatic carboxylic acids is 3. The Morgan fingerprint density at radius 3 is 2.22 bits per heavy atom. The number of carboxylic acids is 3. The van der Waals surface area contributed by atoms with Gasteiger partial charge in [-0.05, 0) is 112 Å². The fourth-order valence-corrected chi connectivity index (χ4v) is 9.02. The first-order valence-corrected chi connectivity index (χ1v) is 13.7. The van der Waals surface area contributed by atoms with Crippen LogP contribution in [0.4, 0.5) is 0 Å². The molecule has 3 rings (SSSR count). The van der Waals surface area contributed by atoms with Gasteiger partial charge in [-0.15, -0.1) is 0 Å². The maximum Gasteiger partial charge on any atom is 0.331 e. The van der Waals surface area contributed by atoms with Crippen molar-refractivity contribution in [3.63, 3.8) is 0 Å². The summed E-state index contributed by atoms with van der Waals surface area (Å²) in [5, 5.41) is 28.4. The van der Waals surface area contributed by atoms with Gasteiger partial charge in [-0.2, -0.15) is 0 Å². The largest absolute Gasteiger partial charge is 0.481 e. The van der Waals surface area contributed by atoms with Crippen LogP contribution in [0.5, 0.6) is 0 Å². The molecule has 3 N–H and O–H groups in total. The number of hydrogen-bond acceptors (Lipinski definition) is 3. The van der Waals surface area contributed by atoms with Crippen LogP contribution in [-0.4, -0.2) is 33.2 Å². The van der Waals surface area contributed by atoms with Gasteiger partial charge in [0.1, 0.15) is 0 Å². The average molecular weight is 503 g/mol. The third-order valence-electron chi connectivity index (χ3n) is 11.3. The summed E-state index contributed by atoms with van der Waals surface area (Å²) in [5.41, 5.74) is 1.98. The molecule has 0 bridgehead atoms. The van der Waals surface area contributed by atoms with Gasteiger partial charge >= 0.3 is 17.9 Å². The lowest BCUT2D eigenvalue weighted by Crippen LogP contribution is -2.57. The summed E-state index contributed by atoms with van der Waals surface area (Å²) in [6, 6.07) is 0. The molecule has 3 fully saturated rings. The van der Waals surface area contributed by atoms with Gasteiger partial charge < -0.3 is 15.3 Å². The molecule has 0 aromatic carbocycles. The molecule has 36 heavy (non-hydrogen) atoms. The van der Waals surface area contributed by atoms with Crippen LogP contribution in [0.2, 0.25) is 0 Å². The van der Waals surface area contributed by atoms with Gasteiger partial charge in [-0.1, -0.05) is 39.3 Å². The van der Waals surface area contributed by atoms with Crippen LogP contribution < -0.4 is 0 Å². The molecule has 3 saturated carbocycles. The third kappa shape index (κ3) is 4.77. The zero-order chi connectivity index (χ0) is 27.1. The van der Waals surface area contributed by atoms with E-state index in [1.807, 2.05) is 6.08 Å². The lowest BCUT2D eigenvalue weighted by Gasteiger charge is -2.65. The van der Waals surface area contributed by atoms with E-state index in [2.05, 4.69) is 27.7 Å². The fourth-order valence-electron chi connectivity index (χ4n) is 9.02. The quantitative estimate of drug-likeness (QED) is 0.294.